The maximum absolute atomic E-state index is 11.5. The monoisotopic (exact) mass is 321 g/mol. The lowest BCUT2D eigenvalue weighted by Crippen LogP contribution is -2.29. The second kappa shape index (κ2) is 7.52. The van der Waals surface area contributed by atoms with Crippen molar-refractivity contribution < 1.29 is 19.1 Å². The molecule has 2 aromatic heterocycles. The number of esters is 2. The molecule has 0 aromatic carbocycles. The highest BCUT2D eigenvalue weighted by atomic mass is 16.6. The first-order valence-electron chi connectivity index (χ1n) is 7.31. The number of hydrogen-bond donors (Lipinski definition) is 1. The average molecular weight is 321 g/mol. The summed E-state index contributed by atoms with van der Waals surface area (Å²) in [6.45, 7) is 3.60. The van der Waals surface area contributed by atoms with Gasteiger partial charge in [0.05, 0.1) is 12.9 Å². The predicted octanol–water partition coefficient (Wildman–Crippen LogP) is 0.683. The zero-order valence-corrected chi connectivity index (χ0v) is 13.1. The van der Waals surface area contributed by atoms with Crippen LogP contribution >= 0.6 is 0 Å². The van der Waals surface area contributed by atoms with Crippen LogP contribution in [0.5, 0.6) is 0 Å². The molecule has 1 atom stereocenters. The van der Waals surface area contributed by atoms with Gasteiger partial charge in [0.1, 0.15) is 18.5 Å². The van der Waals surface area contributed by atoms with E-state index in [1.165, 1.54) is 12.7 Å². The standard InChI is InChI=1S/C14H19N5O4/c1-3-10(20)22-6-9(23-11(21)4-2)5-19-8-18-12-13(15)16-7-17-14(12)19/h7-9H,3-6H2,1-2H3,(H2,15,16,17). The molecule has 0 radical (unpaired) electrons. The Kier molecular flexibility index (Phi) is 5.45. The Labute approximate surface area is 132 Å². The largest absolute Gasteiger partial charge is 0.462 e. The van der Waals surface area contributed by atoms with Crippen LogP contribution in [-0.2, 0) is 25.6 Å². The van der Waals surface area contributed by atoms with E-state index < -0.39 is 6.10 Å². The number of imidazole rings is 1. The number of ether oxygens (including phenoxy) is 2. The molecule has 0 aliphatic rings. The van der Waals surface area contributed by atoms with Crippen molar-refractivity contribution in [2.24, 2.45) is 0 Å². The molecule has 2 N–H and O–H groups in total. The van der Waals surface area contributed by atoms with E-state index in [-0.39, 0.29) is 43.7 Å². The van der Waals surface area contributed by atoms with E-state index in [0.29, 0.717) is 11.2 Å². The molecule has 0 saturated carbocycles. The number of nitrogens with zero attached hydrogens (tertiary/aromatic N) is 4. The zero-order chi connectivity index (χ0) is 16.8. The SMILES string of the molecule is CCC(=O)OCC(Cn1cnc2c(N)ncnc21)OC(=O)CC. The predicted molar refractivity (Wildman–Crippen MR) is 81.2 cm³/mol. The zero-order valence-electron chi connectivity index (χ0n) is 13.1. The molecule has 0 spiro atoms. The van der Waals surface area contributed by atoms with Gasteiger partial charge in [0, 0.05) is 12.8 Å². The van der Waals surface area contributed by atoms with E-state index in [0.717, 1.165) is 0 Å². The number of nitrogens with two attached hydrogens (primary N) is 1. The van der Waals surface area contributed by atoms with Gasteiger partial charge in [0.2, 0.25) is 0 Å². The van der Waals surface area contributed by atoms with Gasteiger partial charge >= 0.3 is 11.9 Å². The quantitative estimate of drug-likeness (QED) is 0.739. The highest BCUT2D eigenvalue weighted by Gasteiger charge is 2.19. The molecule has 124 valence electrons. The van der Waals surface area contributed by atoms with Crippen LogP contribution in [0, 0.1) is 0 Å². The Morgan fingerprint density at radius 2 is 1.96 bits per heavy atom. The normalized spacial score (nSPS) is 12.1. The fourth-order valence-electron chi connectivity index (χ4n) is 1.93. The lowest BCUT2D eigenvalue weighted by Gasteiger charge is -2.18. The number of rotatable bonds is 7. The maximum Gasteiger partial charge on any atom is 0.305 e. The second-order valence-corrected chi connectivity index (χ2v) is 4.83. The molecule has 0 aliphatic carbocycles. The summed E-state index contributed by atoms with van der Waals surface area (Å²) in [6, 6.07) is 0. The molecule has 1 unspecified atom stereocenters. The van der Waals surface area contributed by atoms with Gasteiger partial charge in [-0.2, -0.15) is 0 Å². The average Bonchev–Trinajstić information content (AvgIpc) is 2.96. The molecule has 2 heterocycles. The van der Waals surface area contributed by atoms with E-state index in [2.05, 4.69) is 15.0 Å². The van der Waals surface area contributed by atoms with Crippen LogP contribution in [-0.4, -0.2) is 44.2 Å². The molecular formula is C14H19N5O4. The molecule has 2 aromatic rings. The van der Waals surface area contributed by atoms with Gasteiger partial charge in [-0.25, -0.2) is 15.0 Å². The van der Waals surface area contributed by atoms with Crippen molar-refractivity contribution in [1.29, 1.82) is 0 Å². The summed E-state index contributed by atoms with van der Waals surface area (Å²) >= 11 is 0. The summed E-state index contributed by atoms with van der Waals surface area (Å²) < 4.78 is 12.1. The van der Waals surface area contributed by atoms with Crippen LogP contribution < -0.4 is 5.73 Å². The minimum Gasteiger partial charge on any atom is -0.462 e. The maximum atomic E-state index is 11.5. The van der Waals surface area contributed by atoms with E-state index in [4.69, 9.17) is 15.2 Å². The first-order valence-corrected chi connectivity index (χ1v) is 7.31. The number of fused-ring (bicyclic) bond motifs is 1. The Balaban J connectivity index is 2.16. The number of carbonyl (C=O) groups excluding carboxylic acids is 2. The summed E-state index contributed by atoms with van der Waals surface area (Å²) in [6.07, 6.45) is 2.72. The van der Waals surface area contributed by atoms with Gasteiger partial charge in [-0.05, 0) is 0 Å². The molecule has 23 heavy (non-hydrogen) atoms. The van der Waals surface area contributed by atoms with E-state index in [1.807, 2.05) is 0 Å². The smallest absolute Gasteiger partial charge is 0.305 e. The molecule has 9 heteroatoms. The van der Waals surface area contributed by atoms with Gasteiger partial charge in [-0.3, -0.25) is 9.59 Å². The molecule has 2 rings (SSSR count). The van der Waals surface area contributed by atoms with E-state index >= 15 is 0 Å². The van der Waals surface area contributed by atoms with Crippen LogP contribution in [0.15, 0.2) is 12.7 Å². The van der Waals surface area contributed by atoms with Crippen molar-refractivity contribution in [2.75, 3.05) is 12.3 Å². The molecule has 0 bridgehead atoms. The Bertz CT molecular complexity index is 700. The first kappa shape index (κ1) is 16.7. The van der Waals surface area contributed by atoms with Gasteiger partial charge in [-0.1, -0.05) is 13.8 Å². The van der Waals surface area contributed by atoms with Crippen molar-refractivity contribution in [3.63, 3.8) is 0 Å². The third kappa shape index (κ3) is 4.15. The summed E-state index contributed by atoms with van der Waals surface area (Å²) in [5.41, 5.74) is 6.73. The summed E-state index contributed by atoms with van der Waals surface area (Å²) in [5, 5.41) is 0. The highest BCUT2D eigenvalue weighted by Crippen LogP contribution is 2.15. The fraction of sp³-hybridized carbons (Fsp3) is 0.500. The fourth-order valence-corrected chi connectivity index (χ4v) is 1.93. The third-order valence-electron chi connectivity index (χ3n) is 3.14. The second-order valence-electron chi connectivity index (χ2n) is 4.83. The van der Waals surface area contributed by atoms with E-state index in [9.17, 15) is 9.59 Å². The number of aromatic nitrogens is 4. The molecule has 9 nitrogen and oxygen atoms in total. The third-order valence-corrected chi connectivity index (χ3v) is 3.14. The lowest BCUT2D eigenvalue weighted by molar-refractivity contribution is -0.159. The summed E-state index contributed by atoms with van der Waals surface area (Å²) in [4.78, 5) is 35.0. The Morgan fingerprint density at radius 1 is 1.22 bits per heavy atom. The number of hydrogen-bond acceptors (Lipinski definition) is 8. The van der Waals surface area contributed by atoms with Crippen molar-refractivity contribution >= 4 is 28.9 Å². The van der Waals surface area contributed by atoms with Crippen LogP contribution in [0.25, 0.3) is 11.2 Å². The van der Waals surface area contributed by atoms with Gasteiger partial charge in [0.15, 0.2) is 17.6 Å². The number of nitrogen functional groups attached to an aromatic ring is 1. The number of carbonyl (C=O) groups is 2. The van der Waals surface area contributed by atoms with Crippen LogP contribution in [0.3, 0.4) is 0 Å². The van der Waals surface area contributed by atoms with Crippen LogP contribution in [0.1, 0.15) is 26.7 Å². The summed E-state index contributed by atoms with van der Waals surface area (Å²) in [7, 11) is 0. The molecule has 0 fully saturated rings. The molecular weight excluding hydrogens is 302 g/mol. The van der Waals surface area contributed by atoms with Crippen molar-refractivity contribution in [2.45, 2.75) is 39.3 Å². The molecule has 0 amide bonds. The Hall–Kier alpha value is -2.71. The van der Waals surface area contributed by atoms with E-state index in [1.54, 1.807) is 18.4 Å². The molecule has 0 saturated heterocycles. The highest BCUT2D eigenvalue weighted by molar-refractivity contribution is 5.81. The number of anilines is 1. The van der Waals surface area contributed by atoms with Crippen molar-refractivity contribution in [3.05, 3.63) is 12.7 Å². The summed E-state index contributed by atoms with van der Waals surface area (Å²) in [5.74, 6) is -0.459. The minimum atomic E-state index is -0.633. The topological polar surface area (TPSA) is 122 Å². The van der Waals surface area contributed by atoms with Crippen molar-refractivity contribution in [3.8, 4) is 0 Å². The van der Waals surface area contributed by atoms with Crippen LogP contribution in [0.4, 0.5) is 5.82 Å². The minimum absolute atomic E-state index is 0.0291. The van der Waals surface area contributed by atoms with Crippen LogP contribution in [0.2, 0.25) is 0 Å². The Morgan fingerprint density at radius 3 is 2.65 bits per heavy atom. The first-order chi connectivity index (χ1) is 11.0. The van der Waals surface area contributed by atoms with Crippen molar-refractivity contribution in [1.82, 2.24) is 19.5 Å². The van der Waals surface area contributed by atoms with Gasteiger partial charge in [-0.15, -0.1) is 0 Å². The van der Waals surface area contributed by atoms with Gasteiger partial charge < -0.3 is 19.8 Å². The van der Waals surface area contributed by atoms with Gasteiger partial charge in [0.25, 0.3) is 0 Å². The molecule has 0 aliphatic heterocycles. The lowest BCUT2D eigenvalue weighted by atomic mass is 10.3.